The number of ether oxygens (including phenoxy) is 1. The van der Waals surface area contributed by atoms with Crippen LogP contribution in [0.4, 0.5) is 0 Å². The van der Waals surface area contributed by atoms with Crippen LogP contribution in [0.2, 0.25) is 0 Å². The highest BCUT2D eigenvalue weighted by molar-refractivity contribution is 14.0. The van der Waals surface area contributed by atoms with Gasteiger partial charge in [-0.15, -0.1) is 24.0 Å². The lowest BCUT2D eigenvalue weighted by Gasteiger charge is -2.24. The molecule has 1 rings (SSSR count). The van der Waals surface area contributed by atoms with E-state index >= 15 is 0 Å². The Hall–Kier alpha value is -0.0800. The molecule has 1 fully saturated rings. The standard InChI is InChI=1S/C12H26N4O.HI/c1-3-11(16-7-4-5-8-16)10-15-12(13)14-6-9-17-2;/h11H,3-10H2,1-2H3,(H3,13,14,15);1H. The van der Waals surface area contributed by atoms with Crippen LogP contribution < -0.4 is 11.1 Å². The van der Waals surface area contributed by atoms with Crippen LogP contribution >= 0.6 is 24.0 Å². The lowest BCUT2D eigenvalue weighted by Crippen LogP contribution is -2.38. The Balaban J connectivity index is 0.00000289. The van der Waals surface area contributed by atoms with Gasteiger partial charge in [-0.1, -0.05) is 6.92 Å². The third kappa shape index (κ3) is 6.75. The number of guanidine groups is 1. The van der Waals surface area contributed by atoms with Crippen molar-refractivity contribution in [1.29, 1.82) is 0 Å². The van der Waals surface area contributed by atoms with Crippen LogP contribution in [0.15, 0.2) is 4.99 Å². The van der Waals surface area contributed by atoms with Gasteiger partial charge in [-0.05, 0) is 32.4 Å². The van der Waals surface area contributed by atoms with E-state index in [9.17, 15) is 0 Å². The van der Waals surface area contributed by atoms with Crippen LogP contribution in [0.25, 0.3) is 0 Å². The smallest absolute Gasteiger partial charge is 0.188 e. The fourth-order valence-corrected chi connectivity index (χ4v) is 2.15. The molecule has 1 aliphatic rings. The highest BCUT2D eigenvalue weighted by atomic mass is 127. The fourth-order valence-electron chi connectivity index (χ4n) is 2.15. The second kappa shape index (κ2) is 10.8. The minimum absolute atomic E-state index is 0. The molecule has 108 valence electrons. The molecule has 0 aromatic heterocycles. The Morgan fingerprint density at radius 1 is 1.44 bits per heavy atom. The Labute approximate surface area is 128 Å². The van der Waals surface area contributed by atoms with Gasteiger partial charge in [-0.2, -0.15) is 0 Å². The Morgan fingerprint density at radius 2 is 2.11 bits per heavy atom. The molecule has 0 radical (unpaired) electrons. The SMILES string of the molecule is CCC(CN=C(N)NCCOC)N1CCCC1.I. The van der Waals surface area contributed by atoms with Crippen LogP contribution in [-0.2, 0) is 4.74 Å². The first-order valence-electron chi connectivity index (χ1n) is 6.54. The molecule has 18 heavy (non-hydrogen) atoms. The maximum Gasteiger partial charge on any atom is 0.188 e. The summed E-state index contributed by atoms with van der Waals surface area (Å²) in [6.45, 7) is 6.80. The molecule has 0 spiro atoms. The number of hydrogen-bond acceptors (Lipinski definition) is 3. The van der Waals surface area contributed by atoms with E-state index in [-0.39, 0.29) is 24.0 Å². The molecular weight excluding hydrogens is 343 g/mol. The summed E-state index contributed by atoms with van der Waals surface area (Å²) >= 11 is 0. The van der Waals surface area contributed by atoms with Crippen molar-refractivity contribution in [3.8, 4) is 0 Å². The number of rotatable bonds is 7. The number of nitrogens with two attached hydrogens (primary N) is 1. The second-order valence-corrected chi connectivity index (χ2v) is 4.45. The van der Waals surface area contributed by atoms with Gasteiger partial charge in [0.15, 0.2) is 5.96 Å². The van der Waals surface area contributed by atoms with Crippen LogP contribution in [0.3, 0.4) is 0 Å². The highest BCUT2D eigenvalue weighted by Crippen LogP contribution is 2.14. The van der Waals surface area contributed by atoms with Crippen molar-refractivity contribution in [2.24, 2.45) is 10.7 Å². The zero-order valence-electron chi connectivity index (χ0n) is 11.5. The summed E-state index contributed by atoms with van der Waals surface area (Å²) in [5, 5.41) is 3.04. The van der Waals surface area contributed by atoms with E-state index in [0.29, 0.717) is 25.2 Å². The zero-order chi connectivity index (χ0) is 12.5. The maximum atomic E-state index is 5.78. The summed E-state index contributed by atoms with van der Waals surface area (Å²) in [7, 11) is 1.68. The van der Waals surface area contributed by atoms with Crippen LogP contribution in [0.5, 0.6) is 0 Å². The number of aliphatic imine (C=N–C) groups is 1. The van der Waals surface area contributed by atoms with Crippen LogP contribution in [0.1, 0.15) is 26.2 Å². The maximum absolute atomic E-state index is 5.78. The second-order valence-electron chi connectivity index (χ2n) is 4.45. The average Bonchev–Trinajstić information content (AvgIpc) is 2.84. The number of likely N-dealkylation sites (tertiary alicyclic amines) is 1. The Kier molecular flexibility index (Phi) is 10.8. The molecule has 5 nitrogen and oxygen atoms in total. The van der Waals surface area contributed by atoms with E-state index in [1.165, 1.54) is 25.9 Å². The minimum atomic E-state index is 0. The van der Waals surface area contributed by atoms with Crippen LogP contribution in [-0.4, -0.2) is 56.8 Å². The molecule has 3 N–H and O–H groups in total. The molecule has 0 saturated carbocycles. The third-order valence-corrected chi connectivity index (χ3v) is 3.21. The van der Waals surface area contributed by atoms with E-state index in [1.807, 2.05) is 0 Å². The summed E-state index contributed by atoms with van der Waals surface area (Å²) in [4.78, 5) is 6.92. The van der Waals surface area contributed by atoms with Gasteiger partial charge in [-0.3, -0.25) is 9.89 Å². The lowest BCUT2D eigenvalue weighted by atomic mass is 10.2. The van der Waals surface area contributed by atoms with Gasteiger partial charge in [0.05, 0.1) is 13.2 Å². The van der Waals surface area contributed by atoms with Crippen molar-refractivity contribution in [2.75, 3.05) is 39.9 Å². The first kappa shape index (κ1) is 17.9. The van der Waals surface area contributed by atoms with Gasteiger partial charge in [0.25, 0.3) is 0 Å². The van der Waals surface area contributed by atoms with Gasteiger partial charge >= 0.3 is 0 Å². The van der Waals surface area contributed by atoms with E-state index in [2.05, 4.69) is 22.1 Å². The monoisotopic (exact) mass is 370 g/mol. The summed E-state index contributed by atoms with van der Waals surface area (Å²) in [6, 6.07) is 0.542. The van der Waals surface area contributed by atoms with Crippen molar-refractivity contribution < 1.29 is 4.74 Å². The number of halogens is 1. The van der Waals surface area contributed by atoms with Gasteiger partial charge in [0.1, 0.15) is 0 Å². The molecule has 1 saturated heterocycles. The molecule has 0 aromatic carbocycles. The average molecular weight is 370 g/mol. The normalized spacial score (nSPS) is 18.4. The quantitative estimate of drug-likeness (QED) is 0.304. The van der Waals surface area contributed by atoms with E-state index < -0.39 is 0 Å². The summed E-state index contributed by atoms with van der Waals surface area (Å²) < 4.78 is 4.94. The Bertz CT molecular complexity index is 232. The summed E-state index contributed by atoms with van der Waals surface area (Å²) in [5.41, 5.74) is 5.78. The van der Waals surface area contributed by atoms with E-state index in [1.54, 1.807) is 7.11 Å². The van der Waals surface area contributed by atoms with Crippen molar-refractivity contribution >= 4 is 29.9 Å². The van der Waals surface area contributed by atoms with Gasteiger partial charge < -0.3 is 15.8 Å². The summed E-state index contributed by atoms with van der Waals surface area (Å²) in [5.74, 6) is 0.527. The predicted molar refractivity (Wildman–Crippen MR) is 86.7 cm³/mol. The summed E-state index contributed by atoms with van der Waals surface area (Å²) in [6.07, 6.45) is 3.78. The van der Waals surface area contributed by atoms with Crippen molar-refractivity contribution in [2.45, 2.75) is 32.2 Å². The van der Waals surface area contributed by atoms with Crippen molar-refractivity contribution in [3.05, 3.63) is 0 Å². The van der Waals surface area contributed by atoms with Crippen molar-refractivity contribution in [3.63, 3.8) is 0 Å². The number of nitrogens with zero attached hydrogens (tertiary/aromatic N) is 2. The van der Waals surface area contributed by atoms with Gasteiger partial charge in [-0.25, -0.2) is 0 Å². The Morgan fingerprint density at radius 3 is 2.67 bits per heavy atom. The molecule has 0 aromatic rings. The number of nitrogens with one attached hydrogen (secondary N) is 1. The van der Waals surface area contributed by atoms with E-state index in [0.717, 1.165) is 13.0 Å². The predicted octanol–water partition coefficient (Wildman–Crippen LogP) is 1.03. The largest absolute Gasteiger partial charge is 0.383 e. The number of methoxy groups -OCH3 is 1. The fraction of sp³-hybridized carbons (Fsp3) is 0.917. The molecular formula is C12H27IN4O. The highest BCUT2D eigenvalue weighted by Gasteiger charge is 2.19. The first-order valence-corrected chi connectivity index (χ1v) is 6.54. The number of hydrogen-bond donors (Lipinski definition) is 2. The lowest BCUT2D eigenvalue weighted by molar-refractivity contribution is 0.203. The molecule has 1 unspecified atom stereocenters. The zero-order valence-corrected chi connectivity index (χ0v) is 13.9. The molecule has 1 atom stereocenters. The van der Waals surface area contributed by atoms with Crippen LogP contribution in [0, 0.1) is 0 Å². The van der Waals surface area contributed by atoms with E-state index in [4.69, 9.17) is 10.5 Å². The van der Waals surface area contributed by atoms with Gasteiger partial charge in [0, 0.05) is 19.7 Å². The van der Waals surface area contributed by atoms with Crippen molar-refractivity contribution in [1.82, 2.24) is 10.2 Å². The molecule has 0 bridgehead atoms. The molecule has 1 aliphatic heterocycles. The molecule has 0 aliphatic carbocycles. The van der Waals surface area contributed by atoms with Gasteiger partial charge in [0.2, 0.25) is 0 Å². The minimum Gasteiger partial charge on any atom is -0.383 e. The molecule has 6 heteroatoms. The molecule has 0 amide bonds. The first-order chi connectivity index (χ1) is 8.27. The topological polar surface area (TPSA) is 62.9 Å². The third-order valence-electron chi connectivity index (χ3n) is 3.21. The molecule has 1 heterocycles.